The Morgan fingerprint density at radius 1 is 1.04 bits per heavy atom. The Bertz CT molecular complexity index is 894. The van der Waals surface area contributed by atoms with E-state index in [1.807, 2.05) is 0 Å². The molecule has 0 aliphatic heterocycles. The van der Waals surface area contributed by atoms with E-state index < -0.39 is 11.2 Å². The highest BCUT2D eigenvalue weighted by molar-refractivity contribution is 8.00. The zero-order valence-electron chi connectivity index (χ0n) is 13.2. The van der Waals surface area contributed by atoms with Crippen molar-refractivity contribution in [2.75, 3.05) is 0 Å². The van der Waals surface area contributed by atoms with Crippen molar-refractivity contribution in [3.05, 3.63) is 60.2 Å². The first kappa shape index (κ1) is 17.1. The smallest absolute Gasteiger partial charge is 0.230 e. The molecule has 2 aromatic carbocycles. The number of carbonyl (C=O) groups is 1. The third-order valence-electron chi connectivity index (χ3n) is 3.50. The minimum Gasteiger partial charge on any atom is -0.369 e. The van der Waals surface area contributed by atoms with Gasteiger partial charge in [-0.1, -0.05) is 11.8 Å². The van der Waals surface area contributed by atoms with Crippen LogP contribution in [0.25, 0.3) is 17.1 Å². The molecule has 0 fully saturated rings. The van der Waals surface area contributed by atoms with Gasteiger partial charge in [-0.2, -0.15) is 0 Å². The third kappa shape index (κ3) is 3.69. The van der Waals surface area contributed by atoms with Gasteiger partial charge in [0, 0.05) is 11.3 Å². The topological polar surface area (TPSA) is 73.8 Å². The summed E-state index contributed by atoms with van der Waals surface area (Å²) in [7, 11) is 0. The molecule has 0 saturated heterocycles. The molecule has 0 bridgehead atoms. The summed E-state index contributed by atoms with van der Waals surface area (Å²) < 4.78 is 28.1. The van der Waals surface area contributed by atoms with Crippen LogP contribution in [0, 0.1) is 11.6 Å². The zero-order valence-corrected chi connectivity index (χ0v) is 14.0. The molecule has 5 nitrogen and oxygen atoms in total. The lowest BCUT2D eigenvalue weighted by Crippen LogP contribution is -2.23. The molecule has 0 spiro atoms. The molecule has 2 N–H and O–H groups in total. The normalized spacial score (nSPS) is 12.1. The van der Waals surface area contributed by atoms with Crippen molar-refractivity contribution in [3.8, 4) is 17.1 Å². The van der Waals surface area contributed by atoms with E-state index in [9.17, 15) is 13.6 Å². The molecule has 0 aliphatic rings. The summed E-state index contributed by atoms with van der Waals surface area (Å²) in [6.07, 6.45) is 0. The number of carbonyl (C=O) groups excluding carboxylic acids is 1. The Morgan fingerprint density at radius 2 is 1.60 bits per heavy atom. The van der Waals surface area contributed by atoms with Gasteiger partial charge in [0.25, 0.3) is 0 Å². The molecule has 8 heteroatoms. The van der Waals surface area contributed by atoms with Crippen LogP contribution in [0.2, 0.25) is 0 Å². The maximum atomic E-state index is 13.3. The summed E-state index contributed by atoms with van der Waals surface area (Å²) in [6, 6.07) is 11.6. The number of halogens is 2. The molecule has 0 aliphatic carbocycles. The number of thioether (sulfide) groups is 1. The Morgan fingerprint density at radius 3 is 2.16 bits per heavy atom. The lowest BCUT2D eigenvalue weighted by atomic mass is 10.2. The molecule has 0 saturated carbocycles. The molecule has 1 amide bonds. The van der Waals surface area contributed by atoms with Gasteiger partial charge in [-0.15, -0.1) is 10.2 Å². The lowest BCUT2D eigenvalue weighted by Gasteiger charge is -2.12. The number of rotatable bonds is 5. The minimum absolute atomic E-state index is 0.367. The van der Waals surface area contributed by atoms with Crippen molar-refractivity contribution in [1.29, 1.82) is 0 Å². The zero-order chi connectivity index (χ0) is 18.0. The standard InChI is InChI=1S/C17H14F2N4OS/c1-10(15(20)24)25-17-22-21-16(11-2-4-12(18)5-3-11)23(17)14-8-6-13(19)7-9-14/h2-10H,1H3,(H2,20,24)/t10-/m1/s1. The Labute approximate surface area is 146 Å². The number of nitrogens with two attached hydrogens (primary N) is 1. The van der Waals surface area contributed by atoms with E-state index in [0.717, 1.165) is 11.8 Å². The number of primary amides is 1. The Kier molecular flexibility index (Phi) is 4.80. The SMILES string of the molecule is C[C@@H](Sc1nnc(-c2ccc(F)cc2)n1-c1ccc(F)cc1)C(N)=O. The van der Waals surface area contributed by atoms with Crippen LogP contribution in [0.15, 0.2) is 53.7 Å². The number of nitrogens with zero attached hydrogens (tertiary/aromatic N) is 3. The maximum absolute atomic E-state index is 13.3. The molecular formula is C17H14F2N4OS. The van der Waals surface area contributed by atoms with Gasteiger partial charge < -0.3 is 5.73 Å². The second kappa shape index (κ2) is 7.02. The van der Waals surface area contributed by atoms with E-state index in [1.165, 1.54) is 24.3 Å². The van der Waals surface area contributed by atoms with Crippen LogP contribution in [0.3, 0.4) is 0 Å². The average molecular weight is 360 g/mol. The number of hydrogen-bond acceptors (Lipinski definition) is 4. The Balaban J connectivity index is 2.12. The molecule has 3 aromatic rings. The number of hydrogen-bond donors (Lipinski definition) is 1. The van der Waals surface area contributed by atoms with Crippen LogP contribution in [-0.2, 0) is 4.79 Å². The van der Waals surface area contributed by atoms with E-state index in [2.05, 4.69) is 10.2 Å². The number of benzene rings is 2. The van der Waals surface area contributed by atoms with Gasteiger partial charge in [0.1, 0.15) is 11.6 Å². The van der Waals surface area contributed by atoms with E-state index in [-0.39, 0.29) is 11.6 Å². The van der Waals surface area contributed by atoms with E-state index >= 15 is 0 Å². The maximum Gasteiger partial charge on any atom is 0.230 e. The number of amides is 1. The average Bonchev–Trinajstić information content (AvgIpc) is 2.99. The molecule has 1 aromatic heterocycles. The fourth-order valence-corrected chi connectivity index (χ4v) is 2.99. The quantitative estimate of drug-likeness (QED) is 0.709. The molecule has 25 heavy (non-hydrogen) atoms. The van der Waals surface area contributed by atoms with Gasteiger partial charge in [0.2, 0.25) is 5.91 Å². The molecule has 1 heterocycles. The summed E-state index contributed by atoms with van der Waals surface area (Å²) in [4.78, 5) is 11.4. The van der Waals surface area contributed by atoms with Crippen LogP contribution >= 0.6 is 11.8 Å². The largest absolute Gasteiger partial charge is 0.369 e. The summed E-state index contributed by atoms with van der Waals surface area (Å²) >= 11 is 1.14. The van der Waals surface area contributed by atoms with Crippen molar-refractivity contribution in [1.82, 2.24) is 14.8 Å². The van der Waals surface area contributed by atoms with Crippen molar-refractivity contribution in [3.63, 3.8) is 0 Å². The predicted octanol–water partition coefficient (Wildman–Crippen LogP) is 3.18. The first-order valence-electron chi connectivity index (χ1n) is 7.39. The number of aromatic nitrogens is 3. The van der Waals surface area contributed by atoms with Crippen molar-refractivity contribution >= 4 is 17.7 Å². The molecule has 3 rings (SSSR count). The van der Waals surface area contributed by atoms with E-state index in [0.29, 0.717) is 22.2 Å². The second-order valence-corrected chi connectivity index (χ2v) is 6.60. The molecule has 1 atom stereocenters. The molecule has 0 radical (unpaired) electrons. The van der Waals surface area contributed by atoms with Gasteiger partial charge in [-0.3, -0.25) is 9.36 Å². The van der Waals surface area contributed by atoms with Crippen LogP contribution in [0.4, 0.5) is 8.78 Å². The highest BCUT2D eigenvalue weighted by Crippen LogP contribution is 2.30. The van der Waals surface area contributed by atoms with Crippen molar-refractivity contribution in [2.45, 2.75) is 17.3 Å². The van der Waals surface area contributed by atoms with Crippen molar-refractivity contribution in [2.24, 2.45) is 5.73 Å². The monoisotopic (exact) mass is 360 g/mol. The summed E-state index contributed by atoms with van der Waals surface area (Å²) in [5, 5.41) is 8.17. The lowest BCUT2D eigenvalue weighted by molar-refractivity contribution is -0.117. The van der Waals surface area contributed by atoms with Gasteiger partial charge >= 0.3 is 0 Å². The first-order valence-corrected chi connectivity index (χ1v) is 8.27. The van der Waals surface area contributed by atoms with Gasteiger partial charge in [-0.25, -0.2) is 8.78 Å². The highest BCUT2D eigenvalue weighted by atomic mass is 32.2. The summed E-state index contributed by atoms with van der Waals surface area (Å²) in [6.45, 7) is 1.66. The van der Waals surface area contributed by atoms with Gasteiger partial charge in [0.05, 0.1) is 5.25 Å². The molecule has 128 valence electrons. The van der Waals surface area contributed by atoms with Crippen LogP contribution in [0.1, 0.15) is 6.92 Å². The summed E-state index contributed by atoms with van der Waals surface area (Å²) in [5.41, 5.74) is 6.57. The second-order valence-electron chi connectivity index (χ2n) is 5.29. The molecule has 0 unspecified atom stereocenters. The minimum atomic E-state index is -0.524. The van der Waals surface area contributed by atoms with Crippen LogP contribution in [-0.4, -0.2) is 25.9 Å². The predicted molar refractivity (Wildman–Crippen MR) is 91.2 cm³/mol. The van der Waals surface area contributed by atoms with Crippen LogP contribution in [0.5, 0.6) is 0 Å². The first-order chi connectivity index (χ1) is 12.0. The fraction of sp³-hybridized carbons (Fsp3) is 0.118. The Hall–Kier alpha value is -2.74. The van der Waals surface area contributed by atoms with Gasteiger partial charge in [0.15, 0.2) is 11.0 Å². The highest BCUT2D eigenvalue weighted by Gasteiger charge is 2.20. The van der Waals surface area contributed by atoms with Crippen LogP contribution < -0.4 is 5.73 Å². The van der Waals surface area contributed by atoms with Gasteiger partial charge in [-0.05, 0) is 55.5 Å². The van der Waals surface area contributed by atoms with E-state index in [1.54, 1.807) is 35.8 Å². The van der Waals surface area contributed by atoms with E-state index in [4.69, 9.17) is 5.73 Å². The van der Waals surface area contributed by atoms with Crippen molar-refractivity contribution < 1.29 is 13.6 Å². The summed E-state index contributed by atoms with van der Waals surface area (Å²) in [5.74, 6) is -0.777. The fourth-order valence-electron chi connectivity index (χ4n) is 2.17. The molecular weight excluding hydrogens is 346 g/mol. The third-order valence-corrected chi connectivity index (χ3v) is 4.56.